The maximum atomic E-state index is 12.1. The van der Waals surface area contributed by atoms with E-state index < -0.39 is 4.92 Å². The number of aliphatic hydroxyl groups excluding tert-OH is 1. The molecule has 7 nitrogen and oxygen atoms in total. The SMILES string of the molecule is CC(C(=O)Nc1cccc([N+](=O)[O-])c1)N1CC[C@@H](O)C1. The Bertz CT molecular complexity index is 520. The van der Waals surface area contributed by atoms with E-state index in [4.69, 9.17) is 0 Å². The number of amides is 1. The fourth-order valence-electron chi connectivity index (χ4n) is 2.23. The van der Waals surface area contributed by atoms with Crippen molar-refractivity contribution in [3.8, 4) is 0 Å². The highest BCUT2D eigenvalue weighted by Crippen LogP contribution is 2.18. The molecule has 0 radical (unpaired) electrons. The van der Waals surface area contributed by atoms with Crippen LogP contribution in [0.5, 0.6) is 0 Å². The van der Waals surface area contributed by atoms with E-state index in [0.717, 1.165) is 0 Å². The molecule has 1 aromatic rings. The molecule has 2 atom stereocenters. The van der Waals surface area contributed by atoms with Gasteiger partial charge in [-0.25, -0.2) is 0 Å². The first-order valence-electron chi connectivity index (χ1n) is 6.45. The summed E-state index contributed by atoms with van der Waals surface area (Å²) in [5, 5.41) is 22.8. The number of β-amino-alcohol motifs (C(OH)–C–C–N with tert-alkyl or cyclic N) is 1. The van der Waals surface area contributed by atoms with Crippen LogP contribution in [-0.4, -0.2) is 46.1 Å². The summed E-state index contributed by atoms with van der Waals surface area (Å²) in [4.78, 5) is 24.1. The Hall–Kier alpha value is -1.99. The largest absolute Gasteiger partial charge is 0.392 e. The lowest BCUT2D eigenvalue weighted by molar-refractivity contribution is -0.384. The summed E-state index contributed by atoms with van der Waals surface area (Å²) >= 11 is 0. The Morgan fingerprint density at radius 3 is 2.95 bits per heavy atom. The van der Waals surface area contributed by atoms with Gasteiger partial charge in [-0.3, -0.25) is 19.8 Å². The lowest BCUT2D eigenvalue weighted by atomic mass is 10.2. The summed E-state index contributed by atoms with van der Waals surface area (Å²) in [7, 11) is 0. The van der Waals surface area contributed by atoms with Gasteiger partial charge in [-0.05, 0) is 19.4 Å². The van der Waals surface area contributed by atoms with Gasteiger partial charge >= 0.3 is 0 Å². The van der Waals surface area contributed by atoms with E-state index in [1.807, 2.05) is 4.90 Å². The lowest BCUT2D eigenvalue weighted by Crippen LogP contribution is -2.41. The van der Waals surface area contributed by atoms with E-state index in [2.05, 4.69) is 5.32 Å². The minimum Gasteiger partial charge on any atom is -0.392 e. The third-order valence-electron chi connectivity index (χ3n) is 3.45. The number of carbonyl (C=O) groups is 1. The number of rotatable bonds is 4. The van der Waals surface area contributed by atoms with Gasteiger partial charge in [0.1, 0.15) is 0 Å². The van der Waals surface area contributed by atoms with Crippen LogP contribution in [0.3, 0.4) is 0 Å². The third kappa shape index (κ3) is 3.31. The maximum absolute atomic E-state index is 12.1. The van der Waals surface area contributed by atoms with Gasteiger partial charge in [-0.2, -0.15) is 0 Å². The lowest BCUT2D eigenvalue weighted by Gasteiger charge is -2.22. The zero-order valence-electron chi connectivity index (χ0n) is 11.2. The van der Waals surface area contributed by atoms with Gasteiger partial charge in [0.15, 0.2) is 0 Å². The predicted molar refractivity (Wildman–Crippen MR) is 73.4 cm³/mol. The Balaban J connectivity index is 2.00. The first-order chi connectivity index (χ1) is 9.47. The molecule has 1 aliphatic rings. The zero-order valence-corrected chi connectivity index (χ0v) is 11.2. The highest BCUT2D eigenvalue weighted by molar-refractivity contribution is 5.94. The van der Waals surface area contributed by atoms with E-state index in [0.29, 0.717) is 25.2 Å². The second-order valence-electron chi connectivity index (χ2n) is 4.91. The van der Waals surface area contributed by atoms with Crippen molar-refractivity contribution >= 4 is 17.3 Å². The Morgan fingerprint density at radius 1 is 1.60 bits per heavy atom. The zero-order chi connectivity index (χ0) is 14.7. The molecule has 1 heterocycles. The van der Waals surface area contributed by atoms with E-state index >= 15 is 0 Å². The first-order valence-corrected chi connectivity index (χ1v) is 6.45. The normalized spacial score (nSPS) is 20.6. The standard InChI is InChI=1S/C13H17N3O4/c1-9(15-6-5-12(17)8-15)13(18)14-10-3-2-4-11(7-10)16(19)20/h2-4,7,9,12,17H,5-6,8H2,1H3,(H,14,18)/t9?,12-/m1/s1. The highest BCUT2D eigenvalue weighted by Gasteiger charge is 2.28. The van der Waals surface area contributed by atoms with Crippen LogP contribution in [0, 0.1) is 10.1 Å². The number of nitro groups is 1. The summed E-state index contributed by atoms with van der Waals surface area (Å²) < 4.78 is 0. The minimum atomic E-state index is -0.504. The molecular formula is C13H17N3O4. The van der Waals surface area contributed by atoms with Crippen LogP contribution in [-0.2, 0) is 4.79 Å². The number of anilines is 1. The highest BCUT2D eigenvalue weighted by atomic mass is 16.6. The molecule has 0 aliphatic carbocycles. The molecule has 1 fully saturated rings. The average molecular weight is 279 g/mol. The number of likely N-dealkylation sites (tertiary alicyclic amines) is 1. The van der Waals surface area contributed by atoms with Crippen molar-refractivity contribution in [2.24, 2.45) is 0 Å². The minimum absolute atomic E-state index is 0.0629. The number of nitrogens with zero attached hydrogens (tertiary/aromatic N) is 2. The van der Waals surface area contributed by atoms with E-state index in [-0.39, 0.29) is 23.7 Å². The molecule has 2 rings (SSSR count). The number of hydrogen-bond acceptors (Lipinski definition) is 5. The van der Waals surface area contributed by atoms with Gasteiger partial charge in [0.05, 0.1) is 17.1 Å². The van der Waals surface area contributed by atoms with Crippen LogP contribution in [0.15, 0.2) is 24.3 Å². The van der Waals surface area contributed by atoms with Gasteiger partial charge in [0.2, 0.25) is 5.91 Å². The summed E-state index contributed by atoms with van der Waals surface area (Å²) in [5.74, 6) is -0.236. The molecule has 108 valence electrons. The van der Waals surface area contributed by atoms with Crippen molar-refractivity contribution in [2.45, 2.75) is 25.5 Å². The van der Waals surface area contributed by atoms with Crippen molar-refractivity contribution in [3.63, 3.8) is 0 Å². The number of carbonyl (C=O) groups excluding carboxylic acids is 1. The number of nitro benzene ring substituents is 1. The van der Waals surface area contributed by atoms with Crippen molar-refractivity contribution in [1.29, 1.82) is 0 Å². The topological polar surface area (TPSA) is 95.7 Å². The van der Waals surface area contributed by atoms with E-state index in [1.165, 1.54) is 18.2 Å². The summed E-state index contributed by atoms with van der Waals surface area (Å²) in [6.45, 7) is 2.90. The monoisotopic (exact) mass is 279 g/mol. The molecule has 0 saturated carbocycles. The Labute approximate surface area is 116 Å². The molecule has 20 heavy (non-hydrogen) atoms. The number of hydrogen-bond donors (Lipinski definition) is 2. The molecular weight excluding hydrogens is 262 g/mol. The van der Waals surface area contributed by atoms with Gasteiger partial charge in [0, 0.05) is 30.9 Å². The van der Waals surface area contributed by atoms with Crippen LogP contribution >= 0.6 is 0 Å². The Kier molecular flexibility index (Phi) is 4.31. The molecule has 1 unspecified atom stereocenters. The van der Waals surface area contributed by atoms with Gasteiger partial charge in [-0.1, -0.05) is 6.07 Å². The molecule has 0 bridgehead atoms. The van der Waals surface area contributed by atoms with Crippen LogP contribution < -0.4 is 5.32 Å². The predicted octanol–water partition coefficient (Wildman–Crippen LogP) is 0.988. The van der Waals surface area contributed by atoms with E-state index in [1.54, 1.807) is 13.0 Å². The van der Waals surface area contributed by atoms with E-state index in [9.17, 15) is 20.0 Å². The molecule has 1 amide bonds. The van der Waals surface area contributed by atoms with Gasteiger partial charge in [-0.15, -0.1) is 0 Å². The van der Waals surface area contributed by atoms with Crippen molar-refractivity contribution < 1.29 is 14.8 Å². The molecule has 2 N–H and O–H groups in total. The Morgan fingerprint density at radius 2 is 2.35 bits per heavy atom. The van der Waals surface area contributed by atoms with Crippen LogP contribution in [0.4, 0.5) is 11.4 Å². The number of aliphatic hydroxyl groups is 1. The molecule has 7 heteroatoms. The van der Waals surface area contributed by atoms with Crippen LogP contribution in [0.25, 0.3) is 0 Å². The molecule has 1 saturated heterocycles. The van der Waals surface area contributed by atoms with Crippen LogP contribution in [0.1, 0.15) is 13.3 Å². The number of nitrogens with one attached hydrogen (secondary N) is 1. The number of non-ortho nitro benzene ring substituents is 1. The molecule has 0 aromatic heterocycles. The molecule has 1 aromatic carbocycles. The average Bonchev–Trinajstić information content (AvgIpc) is 2.84. The fourth-order valence-corrected chi connectivity index (χ4v) is 2.23. The van der Waals surface area contributed by atoms with Crippen molar-refractivity contribution in [3.05, 3.63) is 34.4 Å². The molecule has 0 spiro atoms. The van der Waals surface area contributed by atoms with Gasteiger partial charge < -0.3 is 10.4 Å². The quantitative estimate of drug-likeness (QED) is 0.633. The second kappa shape index (κ2) is 5.98. The smallest absolute Gasteiger partial charge is 0.271 e. The summed E-state index contributed by atoms with van der Waals surface area (Å²) in [6.07, 6.45) is 0.275. The second-order valence-corrected chi connectivity index (χ2v) is 4.91. The first kappa shape index (κ1) is 14.4. The maximum Gasteiger partial charge on any atom is 0.271 e. The fraction of sp³-hybridized carbons (Fsp3) is 0.462. The summed E-state index contributed by atoms with van der Waals surface area (Å²) in [5.41, 5.74) is 0.336. The van der Waals surface area contributed by atoms with Crippen molar-refractivity contribution in [2.75, 3.05) is 18.4 Å². The van der Waals surface area contributed by atoms with Crippen molar-refractivity contribution in [1.82, 2.24) is 4.90 Å². The third-order valence-corrected chi connectivity index (χ3v) is 3.45. The number of benzene rings is 1. The summed E-state index contributed by atoms with van der Waals surface area (Å²) in [6, 6.07) is 5.44. The van der Waals surface area contributed by atoms with Gasteiger partial charge in [0.25, 0.3) is 5.69 Å². The van der Waals surface area contributed by atoms with Crippen LogP contribution in [0.2, 0.25) is 0 Å². The molecule has 1 aliphatic heterocycles.